The second-order valence-corrected chi connectivity index (χ2v) is 7.15. The Bertz CT molecular complexity index is 809. The third-order valence-corrected chi connectivity index (χ3v) is 5.25. The van der Waals surface area contributed by atoms with Crippen molar-refractivity contribution < 1.29 is 18.0 Å². The fourth-order valence-electron chi connectivity index (χ4n) is 2.32. The van der Waals surface area contributed by atoms with Gasteiger partial charge in [-0.1, -0.05) is 53.7 Å². The normalized spacial score (nSPS) is 20.1. The highest BCUT2D eigenvalue weighted by atomic mass is 35.5. The van der Waals surface area contributed by atoms with Gasteiger partial charge in [-0.2, -0.15) is 18.3 Å². The summed E-state index contributed by atoms with van der Waals surface area (Å²) in [5.41, 5.74) is 2.88. The molecule has 3 rings (SSSR count). The largest absolute Gasteiger partial charge is 0.423 e. The standard InChI is InChI=1S/C17H12ClF3N2OS/c18-13-8-6-11(7-9-13)14(24)10-16(17(19,20)21)23-22-15(25-16)12-4-2-1-3-5-12/h1-9,23H,10H2. The minimum Gasteiger partial charge on any atom is -0.294 e. The van der Waals surface area contributed by atoms with Crippen LogP contribution in [-0.4, -0.2) is 21.9 Å². The Kier molecular flexibility index (Phi) is 4.79. The highest BCUT2D eigenvalue weighted by molar-refractivity contribution is 8.15. The second-order valence-electron chi connectivity index (χ2n) is 5.43. The van der Waals surface area contributed by atoms with Gasteiger partial charge in [-0.3, -0.25) is 10.2 Å². The molecule has 1 N–H and O–H groups in total. The maximum absolute atomic E-state index is 13.7. The van der Waals surface area contributed by atoms with E-state index in [0.717, 1.165) is 0 Å². The summed E-state index contributed by atoms with van der Waals surface area (Å²) in [5.74, 6) is -0.640. The van der Waals surface area contributed by atoms with Crippen molar-refractivity contribution in [3.05, 3.63) is 70.7 Å². The summed E-state index contributed by atoms with van der Waals surface area (Å²) >= 11 is 6.26. The molecule has 2 aromatic carbocycles. The average molecular weight is 385 g/mol. The minimum absolute atomic E-state index is 0.170. The number of thioether (sulfide) groups is 1. The average Bonchev–Trinajstić information content (AvgIpc) is 3.01. The lowest BCUT2D eigenvalue weighted by Gasteiger charge is -2.29. The molecular weight excluding hydrogens is 373 g/mol. The summed E-state index contributed by atoms with van der Waals surface area (Å²) in [6.45, 7) is 0. The predicted molar refractivity (Wildman–Crippen MR) is 92.9 cm³/mol. The van der Waals surface area contributed by atoms with Crippen LogP contribution in [0.25, 0.3) is 0 Å². The van der Waals surface area contributed by atoms with Crippen LogP contribution in [-0.2, 0) is 0 Å². The van der Waals surface area contributed by atoms with Crippen LogP contribution in [0.15, 0.2) is 59.7 Å². The molecule has 1 unspecified atom stereocenters. The van der Waals surface area contributed by atoms with E-state index in [1.807, 2.05) is 0 Å². The van der Waals surface area contributed by atoms with Crippen molar-refractivity contribution in [3.8, 4) is 0 Å². The molecule has 0 bridgehead atoms. The molecule has 1 atom stereocenters. The number of Topliss-reactive ketones (excluding diaryl/α,β-unsaturated/α-hetero) is 1. The number of hydrogen-bond donors (Lipinski definition) is 1. The van der Waals surface area contributed by atoms with Crippen LogP contribution >= 0.6 is 23.4 Å². The number of hydrogen-bond acceptors (Lipinski definition) is 4. The molecule has 0 spiro atoms. The maximum Gasteiger partial charge on any atom is 0.423 e. The number of rotatable bonds is 4. The van der Waals surface area contributed by atoms with E-state index in [9.17, 15) is 18.0 Å². The molecule has 0 fully saturated rings. The van der Waals surface area contributed by atoms with Gasteiger partial charge in [0, 0.05) is 16.1 Å². The number of halogens is 4. The van der Waals surface area contributed by atoms with Crippen LogP contribution in [0.5, 0.6) is 0 Å². The SMILES string of the molecule is O=C(CC1(C(F)(F)F)NN=C(c2ccccc2)S1)c1ccc(Cl)cc1. The van der Waals surface area contributed by atoms with Gasteiger partial charge >= 0.3 is 6.18 Å². The third-order valence-electron chi connectivity index (χ3n) is 3.66. The predicted octanol–water partition coefficient (Wildman–Crippen LogP) is 4.87. The monoisotopic (exact) mass is 384 g/mol. The van der Waals surface area contributed by atoms with Gasteiger partial charge in [0.25, 0.3) is 0 Å². The van der Waals surface area contributed by atoms with Crippen LogP contribution < -0.4 is 5.43 Å². The van der Waals surface area contributed by atoms with Crippen molar-refractivity contribution in [2.45, 2.75) is 17.5 Å². The highest BCUT2D eigenvalue weighted by Gasteiger charge is 2.60. The van der Waals surface area contributed by atoms with Gasteiger partial charge in [-0.15, -0.1) is 0 Å². The zero-order chi connectivity index (χ0) is 18.1. The molecule has 0 amide bonds. The Morgan fingerprint density at radius 3 is 2.36 bits per heavy atom. The lowest BCUT2D eigenvalue weighted by atomic mass is 10.0. The number of benzene rings is 2. The zero-order valence-corrected chi connectivity index (χ0v) is 14.3. The Morgan fingerprint density at radius 2 is 1.76 bits per heavy atom. The molecule has 1 aliphatic rings. The topological polar surface area (TPSA) is 41.5 Å². The second kappa shape index (κ2) is 6.72. The lowest BCUT2D eigenvalue weighted by Crippen LogP contribution is -2.51. The van der Waals surface area contributed by atoms with E-state index in [1.54, 1.807) is 30.3 Å². The van der Waals surface area contributed by atoms with E-state index < -0.39 is 23.3 Å². The smallest absolute Gasteiger partial charge is 0.294 e. The molecule has 8 heteroatoms. The molecule has 0 aliphatic carbocycles. The van der Waals surface area contributed by atoms with Gasteiger partial charge in [0.2, 0.25) is 4.87 Å². The van der Waals surface area contributed by atoms with E-state index in [0.29, 0.717) is 22.3 Å². The first kappa shape index (κ1) is 17.8. The summed E-state index contributed by atoms with van der Waals surface area (Å²) < 4.78 is 41.1. The number of nitrogens with one attached hydrogen (secondary N) is 1. The molecule has 0 saturated carbocycles. The minimum atomic E-state index is -4.67. The van der Waals surface area contributed by atoms with Gasteiger partial charge in [0.1, 0.15) is 5.04 Å². The molecule has 0 aromatic heterocycles. The highest BCUT2D eigenvalue weighted by Crippen LogP contribution is 2.47. The quantitative estimate of drug-likeness (QED) is 0.765. The molecule has 25 heavy (non-hydrogen) atoms. The Morgan fingerprint density at radius 1 is 1.12 bits per heavy atom. The summed E-state index contributed by atoms with van der Waals surface area (Å²) in [5, 5.41) is 4.43. The fourth-order valence-corrected chi connectivity index (χ4v) is 3.53. The number of nitrogens with zero attached hydrogens (tertiary/aromatic N) is 1. The van der Waals surface area contributed by atoms with Gasteiger partial charge in [-0.05, 0) is 24.3 Å². The van der Waals surface area contributed by atoms with Crippen LogP contribution in [0.2, 0.25) is 5.02 Å². The van der Waals surface area contributed by atoms with Gasteiger partial charge < -0.3 is 0 Å². The zero-order valence-electron chi connectivity index (χ0n) is 12.7. The number of carbonyl (C=O) groups is 1. The van der Waals surface area contributed by atoms with Crippen molar-refractivity contribution in [1.82, 2.24) is 5.43 Å². The number of carbonyl (C=O) groups excluding carboxylic acids is 1. The number of alkyl halides is 3. The van der Waals surface area contributed by atoms with E-state index >= 15 is 0 Å². The Hall–Kier alpha value is -1.99. The number of hydrazone groups is 1. The van der Waals surface area contributed by atoms with Crippen molar-refractivity contribution >= 4 is 34.2 Å². The molecule has 1 heterocycles. The molecule has 130 valence electrons. The van der Waals surface area contributed by atoms with Crippen LogP contribution in [0.4, 0.5) is 13.2 Å². The van der Waals surface area contributed by atoms with Crippen LogP contribution in [0.3, 0.4) is 0 Å². The summed E-state index contributed by atoms with van der Waals surface area (Å²) in [6.07, 6.45) is -5.44. The summed E-state index contributed by atoms with van der Waals surface area (Å²) in [4.78, 5) is 9.87. The van der Waals surface area contributed by atoms with Crippen LogP contribution in [0, 0.1) is 0 Å². The molecule has 0 radical (unpaired) electrons. The first-order valence-electron chi connectivity index (χ1n) is 7.25. The van der Waals surface area contributed by atoms with Crippen molar-refractivity contribution in [3.63, 3.8) is 0 Å². The van der Waals surface area contributed by atoms with Gasteiger partial charge in [-0.25, -0.2) is 0 Å². The molecular formula is C17H12ClF3N2OS. The molecule has 0 saturated heterocycles. The van der Waals surface area contributed by atoms with E-state index in [-0.39, 0.29) is 10.6 Å². The van der Waals surface area contributed by atoms with E-state index in [1.165, 1.54) is 24.3 Å². The maximum atomic E-state index is 13.7. The van der Waals surface area contributed by atoms with Crippen LogP contribution in [0.1, 0.15) is 22.3 Å². The first-order valence-corrected chi connectivity index (χ1v) is 8.45. The van der Waals surface area contributed by atoms with Crippen molar-refractivity contribution in [2.24, 2.45) is 5.10 Å². The third kappa shape index (κ3) is 3.67. The molecule has 2 aromatic rings. The van der Waals surface area contributed by atoms with Gasteiger partial charge in [0.15, 0.2) is 5.78 Å². The fraction of sp³-hybridized carbons (Fsp3) is 0.176. The first-order chi connectivity index (χ1) is 11.8. The molecule has 1 aliphatic heterocycles. The lowest BCUT2D eigenvalue weighted by molar-refractivity contribution is -0.165. The Balaban J connectivity index is 1.84. The van der Waals surface area contributed by atoms with Gasteiger partial charge in [0.05, 0.1) is 6.42 Å². The number of ketones is 1. The molecule has 3 nitrogen and oxygen atoms in total. The summed E-state index contributed by atoms with van der Waals surface area (Å²) in [6, 6.07) is 14.3. The van der Waals surface area contributed by atoms with Crippen molar-refractivity contribution in [1.29, 1.82) is 0 Å². The van der Waals surface area contributed by atoms with E-state index in [2.05, 4.69) is 10.5 Å². The van der Waals surface area contributed by atoms with Crippen molar-refractivity contribution in [2.75, 3.05) is 0 Å². The van der Waals surface area contributed by atoms with E-state index in [4.69, 9.17) is 11.6 Å². The Labute approximate surface area is 151 Å². The summed E-state index contributed by atoms with van der Waals surface area (Å²) in [7, 11) is 0.